The van der Waals surface area contributed by atoms with Crippen molar-refractivity contribution >= 4 is 11.6 Å². The number of benzene rings is 1. The van der Waals surface area contributed by atoms with Crippen LogP contribution < -0.4 is 20.7 Å². The smallest absolute Gasteiger partial charge is 0.264 e. The Hall–Kier alpha value is -1.59. The second-order valence-corrected chi connectivity index (χ2v) is 5.64. The Morgan fingerprint density at radius 1 is 1.47 bits per heavy atom. The van der Waals surface area contributed by atoms with Crippen molar-refractivity contribution in [1.29, 1.82) is 0 Å². The predicted molar refractivity (Wildman–Crippen MR) is 75.3 cm³/mol. The summed E-state index contributed by atoms with van der Waals surface area (Å²) in [5, 5.41) is 3.31. The largest absolute Gasteiger partial charge is 0.482 e. The van der Waals surface area contributed by atoms with E-state index in [0.29, 0.717) is 0 Å². The fourth-order valence-corrected chi connectivity index (χ4v) is 1.96. The fourth-order valence-electron chi connectivity index (χ4n) is 1.96. The highest BCUT2D eigenvalue weighted by atomic mass is 16.5. The maximum Gasteiger partial charge on any atom is 0.264 e. The molecular formula is C14H21N3O2. The van der Waals surface area contributed by atoms with Crippen LogP contribution in [0.5, 0.6) is 5.75 Å². The molecular weight excluding hydrogens is 242 g/mol. The molecule has 0 saturated heterocycles. The van der Waals surface area contributed by atoms with Crippen LogP contribution in [0.25, 0.3) is 0 Å². The highest BCUT2D eigenvalue weighted by Gasteiger charge is 2.22. The summed E-state index contributed by atoms with van der Waals surface area (Å²) in [6.07, 6.45) is 0. The molecule has 1 heterocycles. The van der Waals surface area contributed by atoms with E-state index in [0.717, 1.165) is 30.1 Å². The molecule has 1 aromatic carbocycles. The summed E-state index contributed by atoms with van der Waals surface area (Å²) in [5.74, 6) is 0.728. The molecule has 0 atom stereocenters. The van der Waals surface area contributed by atoms with Crippen LogP contribution in [0.1, 0.15) is 19.4 Å². The molecule has 0 aromatic heterocycles. The fraction of sp³-hybridized carbons (Fsp3) is 0.500. The lowest BCUT2D eigenvalue weighted by atomic mass is 10.1. The number of nitrogens with zero attached hydrogens (tertiary/aromatic N) is 1. The van der Waals surface area contributed by atoms with Crippen molar-refractivity contribution in [3.05, 3.63) is 23.8 Å². The van der Waals surface area contributed by atoms with Crippen LogP contribution in [0.3, 0.4) is 0 Å². The van der Waals surface area contributed by atoms with E-state index in [4.69, 9.17) is 10.5 Å². The van der Waals surface area contributed by atoms with Gasteiger partial charge in [0.2, 0.25) is 0 Å². The Bertz CT molecular complexity index is 480. The quantitative estimate of drug-likeness (QED) is 0.846. The number of carbonyl (C=O) groups excluding carboxylic acids is 1. The van der Waals surface area contributed by atoms with Crippen LogP contribution in [-0.2, 0) is 11.3 Å². The second-order valence-electron chi connectivity index (χ2n) is 5.64. The van der Waals surface area contributed by atoms with E-state index >= 15 is 0 Å². The molecule has 2 rings (SSSR count). The van der Waals surface area contributed by atoms with E-state index in [1.54, 1.807) is 11.9 Å². The number of nitrogens with two attached hydrogens (primary N) is 1. The first kappa shape index (κ1) is 13.8. The predicted octanol–water partition coefficient (Wildman–Crippen LogP) is 0.869. The Labute approximate surface area is 113 Å². The van der Waals surface area contributed by atoms with Crippen molar-refractivity contribution < 1.29 is 9.53 Å². The van der Waals surface area contributed by atoms with Gasteiger partial charge in [0.25, 0.3) is 5.91 Å². The molecule has 3 N–H and O–H groups in total. The minimum absolute atomic E-state index is 0.0271. The van der Waals surface area contributed by atoms with Crippen molar-refractivity contribution in [3.8, 4) is 5.75 Å². The first-order chi connectivity index (χ1) is 8.87. The van der Waals surface area contributed by atoms with Gasteiger partial charge in [0.05, 0.1) is 5.69 Å². The van der Waals surface area contributed by atoms with Gasteiger partial charge >= 0.3 is 0 Å². The number of hydrogen-bond donors (Lipinski definition) is 2. The Balaban J connectivity index is 2.06. The summed E-state index contributed by atoms with van der Waals surface area (Å²) in [6, 6.07) is 5.88. The van der Waals surface area contributed by atoms with Gasteiger partial charge in [0.1, 0.15) is 5.75 Å². The van der Waals surface area contributed by atoms with Crippen LogP contribution >= 0.6 is 0 Å². The number of anilines is 1. The zero-order valence-corrected chi connectivity index (χ0v) is 11.7. The van der Waals surface area contributed by atoms with Crippen LogP contribution in [-0.4, -0.2) is 31.6 Å². The number of nitrogens with one attached hydrogen (secondary N) is 1. The zero-order valence-electron chi connectivity index (χ0n) is 11.7. The lowest BCUT2D eigenvalue weighted by Crippen LogP contribution is -2.42. The number of fused-ring (bicyclic) bond motifs is 1. The van der Waals surface area contributed by atoms with Gasteiger partial charge in [0, 0.05) is 25.7 Å². The van der Waals surface area contributed by atoms with E-state index < -0.39 is 0 Å². The molecule has 0 radical (unpaired) electrons. The van der Waals surface area contributed by atoms with E-state index in [1.807, 2.05) is 32.0 Å². The van der Waals surface area contributed by atoms with Gasteiger partial charge in [-0.25, -0.2) is 0 Å². The summed E-state index contributed by atoms with van der Waals surface area (Å²) in [6.45, 7) is 5.52. The van der Waals surface area contributed by atoms with Gasteiger partial charge < -0.3 is 20.7 Å². The van der Waals surface area contributed by atoms with Gasteiger partial charge in [0.15, 0.2) is 6.61 Å². The van der Waals surface area contributed by atoms with Crippen LogP contribution in [0.2, 0.25) is 0 Å². The van der Waals surface area contributed by atoms with E-state index in [2.05, 4.69) is 5.32 Å². The van der Waals surface area contributed by atoms with Crippen molar-refractivity contribution in [2.24, 2.45) is 5.73 Å². The average molecular weight is 263 g/mol. The van der Waals surface area contributed by atoms with Crippen LogP contribution in [0, 0.1) is 0 Å². The summed E-state index contributed by atoms with van der Waals surface area (Å²) in [7, 11) is 1.77. The Morgan fingerprint density at radius 2 is 2.21 bits per heavy atom. The van der Waals surface area contributed by atoms with Crippen molar-refractivity contribution in [3.63, 3.8) is 0 Å². The molecule has 1 aromatic rings. The number of carbonyl (C=O) groups is 1. The van der Waals surface area contributed by atoms with Gasteiger partial charge in [-0.1, -0.05) is 6.07 Å². The SMILES string of the molecule is CN1C(=O)COc2ccc(CNCC(C)(C)N)cc21. The molecule has 104 valence electrons. The first-order valence-electron chi connectivity index (χ1n) is 6.39. The van der Waals surface area contributed by atoms with Crippen molar-refractivity contribution in [2.75, 3.05) is 25.1 Å². The third-order valence-electron chi connectivity index (χ3n) is 3.02. The van der Waals surface area contributed by atoms with Crippen LogP contribution in [0.4, 0.5) is 5.69 Å². The normalized spacial score (nSPS) is 15.2. The summed E-state index contributed by atoms with van der Waals surface area (Å²) >= 11 is 0. The number of hydrogen-bond acceptors (Lipinski definition) is 4. The summed E-state index contributed by atoms with van der Waals surface area (Å²) in [5.41, 5.74) is 7.61. The number of ether oxygens (including phenoxy) is 1. The third-order valence-corrected chi connectivity index (χ3v) is 3.02. The van der Waals surface area contributed by atoms with E-state index in [-0.39, 0.29) is 18.1 Å². The average Bonchev–Trinajstić information content (AvgIpc) is 2.33. The van der Waals surface area contributed by atoms with Crippen molar-refractivity contribution in [2.45, 2.75) is 25.9 Å². The number of likely N-dealkylation sites (N-methyl/N-ethyl adjacent to an activating group) is 1. The molecule has 0 bridgehead atoms. The zero-order chi connectivity index (χ0) is 14.0. The molecule has 0 spiro atoms. The molecule has 5 heteroatoms. The standard InChI is InChI=1S/C14H21N3O2/c1-14(2,15)9-16-7-10-4-5-12-11(6-10)17(3)13(18)8-19-12/h4-6,16H,7-9,15H2,1-3H3. The topological polar surface area (TPSA) is 67.6 Å². The highest BCUT2D eigenvalue weighted by Crippen LogP contribution is 2.31. The monoisotopic (exact) mass is 263 g/mol. The summed E-state index contributed by atoms with van der Waals surface area (Å²) < 4.78 is 5.39. The van der Waals surface area contributed by atoms with E-state index in [1.165, 1.54) is 0 Å². The summed E-state index contributed by atoms with van der Waals surface area (Å²) in [4.78, 5) is 13.2. The first-order valence-corrected chi connectivity index (χ1v) is 6.39. The van der Waals surface area contributed by atoms with Crippen molar-refractivity contribution in [1.82, 2.24) is 5.32 Å². The molecule has 0 saturated carbocycles. The lowest BCUT2D eigenvalue weighted by Gasteiger charge is -2.26. The van der Waals surface area contributed by atoms with Gasteiger partial charge in [-0.15, -0.1) is 0 Å². The lowest BCUT2D eigenvalue weighted by molar-refractivity contribution is -0.120. The molecule has 19 heavy (non-hydrogen) atoms. The van der Waals surface area contributed by atoms with Gasteiger partial charge in [-0.3, -0.25) is 4.79 Å². The maximum absolute atomic E-state index is 11.6. The van der Waals surface area contributed by atoms with E-state index in [9.17, 15) is 4.79 Å². The van der Waals surface area contributed by atoms with Gasteiger partial charge in [-0.2, -0.15) is 0 Å². The molecule has 1 aliphatic rings. The Kier molecular flexibility index (Phi) is 3.78. The Morgan fingerprint density at radius 3 is 2.89 bits per heavy atom. The second kappa shape index (κ2) is 5.19. The highest BCUT2D eigenvalue weighted by molar-refractivity contribution is 5.97. The van der Waals surface area contributed by atoms with Crippen LogP contribution in [0.15, 0.2) is 18.2 Å². The number of amides is 1. The molecule has 0 unspecified atom stereocenters. The molecule has 1 aliphatic heterocycles. The maximum atomic E-state index is 11.6. The van der Waals surface area contributed by atoms with Gasteiger partial charge in [-0.05, 0) is 31.5 Å². The third kappa shape index (κ3) is 3.45. The molecule has 0 fully saturated rings. The minimum Gasteiger partial charge on any atom is -0.482 e. The number of rotatable bonds is 4. The minimum atomic E-state index is -0.232. The molecule has 0 aliphatic carbocycles. The molecule has 1 amide bonds. The molecule has 5 nitrogen and oxygen atoms in total.